The lowest BCUT2D eigenvalue weighted by Crippen LogP contribution is -2.15. The molecule has 19 heavy (non-hydrogen) atoms. The van der Waals surface area contributed by atoms with Crippen molar-refractivity contribution in [2.24, 2.45) is 5.73 Å². The van der Waals surface area contributed by atoms with Gasteiger partial charge in [-0.25, -0.2) is 0 Å². The molecule has 0 saturated carbocycles. The molecule has 2 heterocycles. The van der Waals surface area contributed by atoms with E-state index >= 15 is 0 Å². The van der Waals surface area contributed by atoms with Crippen LogP contribution in [-0.4, -0.2) is 9.78 Å². The minimum atomic E-state index is -0.0473. The number of hydrogen-bond acceptors (Lipinski definition) is 3. The number of halogens is 2. The highest BCUT2D eigenvalue weighted by molar-refractivity contribution is 9.11. The third kappa shape index (κ3) is 3.05. The van der Waals surface area contributed by atoms with Crippen molar-refractivity contribution in [2.45, 2.75) is 39.8 Å². The molecule has 0 fully saturated rings. The average molecular weight is 363 g/mol. The third-order valence-corrected chi connectivity index (χ3v) is 5.87. The van der Waals surface area contributed by atoms with Gasteiger partial charge in [-0.3, -0.25) is 4.68 Å². The van der Waals surface area contributed by atoms with Gasteiger partial charge in [-0.1, -0.05) is 11.6 Å². The molecule has 2 rings (SSSR count). The van der Waals surface area contributed by atoms with Crippen LogP contribution in [-0.2, 0) is 13.0 Å². The van der Waals surface area contributed by atoms with Crippen molar-refractivity contribution >= 4 is 38.9 Å². The second-order valence-electron chi connectivity index (χ2n) is 4.58. The number of hydrogen-bond donors (Lipinski definition) is 1. The van der Waals surface area contributed by atoms with E-state index in [-0.39, 0.29) is 6.04 Å². The number of nitrogens with zero attached hydrogens (tertiary/aromatic N) is 2. The molecule has 6 heteroatoms. The van der Waals surface area contributed by atoms with Crippen molar-refractivity contribution in [3.63, 3.8) is 0 Å². The normalized spacial score (nSPS) is 12.9. The first kappa shape index (κ1) is 15.0. The highest BCUT2D eigenvalue weighted by atomic mass is 79.9. The minimum Gasteiger partial charge on any atom is -0.323 e. The van der Waals surface area contributed by atoms with Crippen LogP contribution in [0.2, 0.25) is 5.02 Å². The van der Waals surface area contributed by atoms with Gasteiger partial charge < -0.3 is 5.73 Å². The molecule has 1 atom stereocenters. The SMILES string of the molecule is CCn1nc(C)c(Cl)c1CC(N)c1cc(C)c(Br)s1. The van der Waals surface area contributed by atoms with Crippen LogP contribution >= 0.6 is 38.9 Å². The summed E-state index contributed by atoms with van der Waals surface area (Å²) in [5.41, 5.74) is 9.42. The molecule has 0 amide bonds. The largest absolute Gasteiger partial charge is 0.323 e. The molecule has 0 saturated heterocycles. The Morgan fingerprint density at radius 1 is 1.53 bits per heavy atom. The predicted molar refractivity (Wildman–Crippen MR) is 85.0 cm³/mol. The van der Waals surface area contributed by atoms with Crippen LogP contribution in [0.25, 0.3) is 0 Å². The molecule has 104 valence electrons. The van der Waals surface area contributed by atoms with E-state index in [1.807, 2.05) is 11.6 Å². The van der Waals surface area contributed by atoms with Gasteiger partial charge in [-0.2, -0.15) is 5.10 Å². The van der Waals surface area contributed by atoms with Crippen molar-refractivity contribution in [2.75, 3.05) is 0 Å². The van der Waals surface area contributed by atoms with Gasteiger partial charge in [0.15, 0.2) is 0 Å². The number of thiophene rings is 1. The van der Waals surface area contributed by atoms with Gasteiger partial charge >= 0.3 is 0 Å². The van der Waals surface area contributed by atoms with E-state index in [0.717, 1.165) is 26.7 Å². The zero-order valence-electron chi connectivity index (χ0n) is 11.2. The molecule has 0 aromatic carbocycles. The molecule has 3 nitrogen and oxygen atoms in total. The number of aryl methyl sites for hydroxylation is 3. The monoisotopic (exact) mass is 361 g/mol. The Hall–Kier alpha value is -0.360. The summed E-state index contributed by atoms with van der Waals surface area (Å²) in [7, 11) is 0. The van der Waals surface area contributed by atoms with Crippen molar-refractivity contribution in [1.82, 2.24) is 9.78 Å². The van der Waals surface area contributed by atoms with Crippen LogP contribution in [0.4, 0.5) is 0 Å². The van der Waals surface area contributed by atoms with Crippen molar-refractivity contribution in [1.29, 1.82) is 0 Å². The Labute approximate surface area is 130 Å². The van der Waals surface area contributed by atoms with Gasteiger partial charge in [-0.05, 0) is 48.3 Å². The topological polar surface area (TPSA) is 43.8 Å². The molecule has 2 aromatic rings. The van der Waals surface area contributed by atoms with Gasteiger partial charge in [0.25, 0.3) is 0 Å². The first-order valence-corrected chi connectivity index (χ1v) is 8.16. The maximum atomic E-state index is 6.32. The Bertz CT molecular complexity index is 571. The van der Waals surface area contributed by atoms with E-state index in [4.69, 9.17) is 17.3 Å². The quantitative estimate of drug-likeness (QED) is 0.884. The zero-order valence-corrected chi connectivity index (χ0v) is 14.4. The maximum absolute atomic E-state index is 6.32. The highest BCUT2D eigenvalue weighted by Crippen LogP contribution is 2.33. The van der Waals surface area contributed by atoms with Crippen LogP contribution in [0.15, 0.2) is 9.85 Å². The zero-order chi connectivity index (χ0) is 14.2. The summed E-state index contributed by atoms with van der Waals surface area (Å²) in [5.74, 6) is 0. The summed E-state index contributed by atoms with van der Waals surface area (Å²) in [6, 6.07) is 2.08. The minimum absolute atomic E-state index is 0.0473. The van der Waals surface area contributed by atoms with Crippen LogP contribution in [0.1, 0.15) is 34.8 Å². The second-order valence-corrected chi connectivity index (χ2v) is 7.36. The van der Waals surface area contributed by atoms with Crippen LogP contribution in [0.5, 0.6) is 0 Å². The Morgan fingerprint density at radius 3 is 2.74 bits per heavy atom. The molecule has 2 aromatic heterocycles. The van der Waals surface area contributed by atoms with Gasteiger partial charge in [-0.15, -0.1) is 11.3 Å². The molecule has 2 N–H and O–H groups in total. The van der Waals surface area contributed by atoms with Gasteiger partial charge in [0.2, 0.25) is 0 Å². The molecular weight excluding hydrogens is 346 g/mol. The lowest BCUT2D eigenvalue weighted by Gasteiger charge is -2.11. The molecule has 0 bridgehead atoms. The predicted octanol–water partition coefficient (Wildman–Crippen LogP) is 4.24. The van der Waals surface area contributed by atoms with E-state index in [0.29, 0.717) is 6.42 Å². The summed E-state index contributed by atoms with van der Waals surface area (Å²) in [5, 5.41) is 5.16. The molecule has 0 aliphatic carbocycles. The third-order valence-electron chi connectivity index (χ3n) is 3.11. The first-order chi connectivity index (χ1) is 8.93. The average Bonchev–Trinajstić information content (AvgIpc) is 2.84. The maximum Gasteiger partial charge on any atom is 0.0847 e. The van der Waals surface area contributed by atoms with Gasteiger partial charge in [0.1, 0.15) is 0 Å². The molecule has 0 aliphatic rings. The fourth-order valence-electron chi connectivity index (χ4n) is 2.04. The lowest BCUT2D eigenvalue weighted by molar-refractivity contribution is 0.590. The molecule has 0 spiro atoms. The second kappa shape index (κ2) is 5.95. The number of aromatic nitrogens is 2. The lowest BCUT2D eigenvalue weighted by atomic mass is 10.1. The van der Waals surface area contributed by atoms with Crippen molar-refractivity contribution in [3.8, 4) is 0 Å². The summed E-state index contributed by atoms with van der Waals surface area (Å²) in [6.45, 7) is 6.87. The summed E-state index contributed by atoms with van der Waals surface area (Å²) in [6.07, 6.45) is 0.708. The van der Waals surface area contributed by atoms with Crippen LogP contribution < -0.4 is 5.73 Å². The number of nitrogens with two attached hydrogens (primary N) is 1. The van der Waals surface area contributed by atoms with Crippen LogP contribution in [0.3, 0.4) is 0 Å². The molecular formula is C13H17BrClN3S. The van der Waals surface area contributed by atoms with E-state index in [9.17, 15) is 0 Å². The first-order valence-electron chi connectivity index (χ1n) is 6.17. The van der Waals surface area contributed by atoms with Crippen molar-refractivity contribution < 1.29 is 0 Å². The Kier molecular flexibility index (Phi) is 4.71. The molecule has 0 aliphatic heterocycles. The summed E-state index contributed by atoms with van der Waals surface area (Å²) < 4.78 is 3.08. The molecule has 1 unspecified atom stereocenters. The van der Waals surface area contributed by atoms with E-state index in [2.05, 4.69) is 40.9 Å². The van der Waals surface area contributed by atoms with Crippen LogP contribution in [0, 0.1) is 13.8 Å². The highest BCUT2D eigenvalue weighted by Gasteiger charge is 2.18. The van der Waals surface area contributed by atoms with E-state index in [1.165, 1.54) is 10.4 Å². The molecule has 0 radical (unpaired) electrons. The van der Waals surface area contributed by atoms with Crippen molar-refractivity contribution in [3.05, 3.63) is 36.7 Å². The Morgan fingerprint density at radius 2 is 2.21 bits per heavy atom. The smallest absolute Gasteiger partial charge is 0.0847 e. The Balaban J connectivity index is 2.25. The fourth-order valence-corrected chi connectivity index (χ4v) is 3.82. The van der Waals surface area contributed by atoms with E-state index in [1.54, 1.807) is 11.3 Å². The summed E-state index contributed by atoms with van der Waals surface area (Å²) in [4.78, 5) is 1.17. The summed E-state index contributed by atoms with van der Waals surface area (Å²) >= 11 is 11.5. The standard InChI is InChI=1S/C13H17BrClN3S/c1-4-18-10(12(15)8(3)17-18)6-9(16)11-5-7(2)13(14)19-11/h5,9H,4,6,16H2,1-3H3. The van der Waals surface area contributed by atoms with Gasteiger partial charge in [0.05, 0.1) is 20.2 Å². The number of rotatable bonds is 4. The fraction of sp³-hybridized carbons (Fsp3) is 0.462. The van der Waals surface area contributed by atoms with Gasteiger partial charge in [0, 0.05) is 23.9 Å². The van der Waals surface area contributed by atoms with E-state index < -0.39 is 0 Å².